The molecule has 0 aliphatic heterocycles. The standard InChI is InChI=1S/C20H20N6O2S/c1-14-18(19(27)26(24(14)2)16-9-5-4-6-10-16)25-20(21-22-23-25)29-13-15-8-7-11-17(12-15)28-3/h4-12H,13H2,1-3H3. The fourth-order valence-electron chi connectivity index (χ4n) is 3.12. The van der Waals surface area contributed by atoms with Crippen LogP contribution in [0, 0.1) is 6.92 Å². The Hall–Kier alpha value is -3.33. The van der Waals surface area contributed by atoms with E-state index >= 15 is 0 Å². The van der Waals surface area contributed by atoms with Crippen LogP contribution in [0.25, 0.3) is 11.4 Å². The number of rotatable bonds is 6. The van der Waals surface area contributed by atoms with Gasteiger partial charge in [-0.15, -0.1) is 5.10 Å². The summed E-state index contributed by atoms with van der Waals surface area (Å²) in [4.78, 5) is 13.2. The van der Waals surface area contributed by atoms with Crippen molar-refractivity contribution in [1.29, 1.82) is 0 Å². The van der Waals surface area contributed by atoms with E-state index in [2.05, 4.69) is 15.5 Å². The van der Waals surface area contributed by atoms with Crippen LogP contribution in [0.4, 0.5) is 0 Å². The fourth-order valence-corrected chi connectivity index (χ4v) is 3.94. The van der Waals surface area contributed by atoms with Gasteiger partial charge in [-0.05, 0) is 47.2 Å². The number of aromatic nitrogens is 6. The second-order valence-corrected chi connectivity index (χ2v) is 7.37. The van der Waals surface area contributed by atoms with Crippen molar-refractivity contribution in [2.24, 2.45) is 7.05 Å². The van der Waals surface area contributed by atoms with Crippen molar-refractivity contribution in [1.82, 2.24) is 29.6 Å². The summed E-state index contributed by atoms with van der Waals surface area (Å²) in [7, 11) is 3.49. The van der Waals surface area contributed by atoms with Gasteiger partial charge < -0.3 is 4.74 Å². The molecule has 0 radical (unpaired) electrons. The molecule has 0 amide bonds. The second kappa shape index (κ2) is 7.96. The molecule has 8 nitrogen and oxygen atoms in total. The second-order valence-electron chi connectivity index (χ2n) is 6.42. The van der Waals surface area contributed by atoms with Crippen molar-refractivity contribution in [3.63, 3.8) is 0 Å². The van der Waals surface area contributed by atoms with Gasteiger partial charge in [0.15, 0.2) is 5.69 Å². The van der Waals surface area contributed by atoms with Gasteiger partial charge in [-0.25, -0.2) is 4.68 Å². The lowest BCUT2D eigenvalue weighted by Crippen LogP contribution is -2.22. The Labute approximate surface area is 171 Å². The number of tetrazole rings is 1. The van der Waals surface area contributed by atoms with E-state index in [1.807, 2.05) is 73.3 Å². The molecule has 0 fully saturated rings. The molecule has 0 saturated carbocycles. The third-order valence-corrected chi connectivity index (χ3v) is 5.67. The lowest BCUT2D eigenvalue weighted by Gasteiger charge is -2.07. The van der Waals surface area contributed by atoms with Crippen LogP contribution < -0.4 is 10.3 Å². The quantitative estimate of drug-likeness (QED) is 0.457. The van der Waals surface area contributed by atoms with Crippen molar-refractivity contribution in [2.45, 2.75) is 17.8 Å². The van der Waals surface area contributed by atoms with Crippen molar-refractivity contribution < 1.29 is 4.74 Å². The highest BCUT2D eigenvalue weighted by molar-refractivity contribution is 7.98. The van der Waals surface area contributed by atoms with Gasteiger partial charge in [-0.2, -0.15) is 4.68 Å². The summed E-state index contributed by atoms with van der Waals surface area (Å²) in [5, 5.41) is 12.6. The lowest BCUT2D eigenvalue weighted by molar-refractivity contribution is 0.414. The Kier molecular flexibility index (Phi) is 5.22. The zero-order valence-electron chi connectivity index (χ0n) is 16.3. The monoisotopic (exact) mass is 408 g/mol. The fraction of sp³-hybridized carbons (Fsp3) is 0.200. The van der Waals surface area contributed by atoms with Gasteiger partial charge in [-0.1, -0.05) is 42.1 Å². The third-order valence-electron chi connectivity index (χ3n) is 4.68. The number of methoxy groups -OCH3 is 1. The van der Waals surface area contributed by atoms with Crippen LogP contribution in [-0.4, -0.2) is 36.7 Å². The van der Waals surface area contributed by atoms with Gasteiger partial charge in [0, 0.05) is 12.8 Å². The number of thioether (sulfide) groups is 1. The molecule has 0 aliphatic rings. The van der Waals surface area contributed by atoms with Gasteiger partial charge >= 0.3 is 0 Å². The van der Waals surface area contributed by atoms with Crippen LogP contribution in [-0.2, 0) is 12.8 Å². The minimum absolute atomic E-state index is 0.174. The highest BCUT2D eigenvalue weighted by atomic mass is 32.2. The molecule has 9 heteroatoms. The van der Waals surface area contributed by atoms with Gasteiger partial charge in [0.05, 0.1) is 18.5 Å². The van der Waals surface area contributed by atoms with Crippen molar-refractivity contribution in [3.05, 3.63) is 76.2 Å². The van der Waals surface area contributed by atoms with Gasteiger partial charge in [-0.3, -0.25) is 9.48 Å². The maximum atomic E-state index is 13.2. The summed E-state index contributed by atoms with van der Waals surface area (Å²) >= 11 is 1.46. The first-order chi connectivity index (χ1) is 14.1. The van der Waals surface area contributed by atoms with Crippen molar-refractivity contribution in [2.75, 3.05) is 7.11 Å². The normalized spacial score (nSPS) is 11.0. The Bertz CT molecular complexity index is 1200. The van der Waals surface area contributed by atoms with E-state index in [9.17, 15) is 4.79 Å². The molecule has 2 aromatic heterocycles. The van der Waals surface area contributed by atoms with Crippen LogP contribution in [0.2, 0.25) is 0 Å². The summed E-state index contributed by atoms with van der Waals surface area (Å²) in [6.45, 7) is 1.88. The number of benzene rings is 2. The molecule has 29 heavy (non-hydrogen) atoms. The van der Waals surface area contributed by atoms with Crippen LogP contribution in [0.1, 0.15) is 11.3 Å². The maximum absolute atomic E-state index is 13.2. The molecule has 2 heterocycles. The van der Waals surface area contributed by atoms with E-state index in [0.29, 0.717) is 16.6 Å². The zero-order valence-corrected chi connectivity index (χ0v) is 17.1. The summed E-state index contributed by atoms with van der Waals surface area (Å²) < 4.78 is 10.2. The van der Waals surface area contributed by atoms with Crippen molar-refractivity contribution >= 4 is 11.8 Å². The number of hydrogen-bond donors (Lipinski definition) is 0. The molecule has 0 N–H and O–H groups in total. The average molecular weight is 408 g/mol. The lowest BCUT2D eigenvalue weighted by atomic mass is 10.2. The molecule has 0 saturated heterocycles. The Morgan fingerprint density at radius 3 is 2.66 bits per heavy atom. The average Bonchev–Trinajstić information content (AvgIpc) is 3.29. The number of hydrogen-bond acceptors (Lipinski definition) is 6. The summed E-state index contributed by atoms with van der Waals surface area (Å²) in [6.07, 6.45) is 0. The highest BCUT2D eigenvalue weighted by Gasteiger charge is 2.21. The molecule has 0 atom stereocenters. The van der Waals surface area contributed by atoms with Crippen molar-refractivity contribution in [3.8, 4) is 17.1 Å². The van der Waals surface area contributed by atoms with Crippen LogP contribution >= 0.6 is 11.8 Å². The SMILES string of the molecule is COc1cccc(CSc2nnnn2-c2c(C)n(C)n(-c3ccccc3)c2=O)c1. The van der Waals surface area contributed by atoms with E-state index in [4.69, 9.17) is 4.74 Å². The van der Waals surface area contributed by atoms with E-state index in [0.717, 1.165) is 22.7 Å². The molecule has 0 spiro atoms. The van der Waals surface area contributed by atoms with Crippen LogP contribution in [0.3, 0.4) is 0 Å². The number of ether oxygens (including phenoxy) is 1. The molecule has 4 rings (SSSR count). The molecule has 2 aromatic carbocycles. The Morgan fingerprint density at radius 2 is 1.90 bits per heavy atom. The van der Waals surface area contributed by atoms with Crippen LogP contribution in [0.15, 0.2) is 64.5 Å². The van der Waals surface area contributed by atoms with Gasteiger partial charge in [0.2, 0.25) is 5.16 Å². The molecule has 0 bridgehead atoms. The summed E-state index contributed by atoms with van der Waals surface area (Å²) in [5.74, 6) is 1.45. The molecule has 4 aromatic rings. The maximum Gasteiger partial charge on any atom is 0.297 e. The molecular formula is C20H20N6O2S. The number of nitrogens with zero attached hydrogens (tertiary/aromatic N) is 6. The molecular weight excluding hydrogens is 388 g/mol. The largest absolute Gasteiger partial charge is 0.497 e. The smallest absolute Gasteiger partial charge is 0.297 e. The van der Waals surface area contributed by atoms with E-state index < -0.39 is 0 Å². The predicted octanol–water partition coefficient (Wildman–Crippen LogP) is 2.76. The topological polar surface area (TPSA) is 79.8 Å². The molecule has 0 unspecified atom stereocenters. The minimum atomic E-state index is -0.174. The molecule has 148 valence electrons. The Balaban J connectivity index is 1.69. The van der Waals surface area contributed by atoms with E-state index in [1.165, 1.54) is 16.4 Å². The summed E-state index contributed by atoms with van der Waals surface area (Å²) in [5.41, 5.74) is 2.90. The Morgan fingerprint density at radius 1 is 1.10 bits per heavy atom. The first kappa shape index (κ1) is 19.0. The highest BCUT2D eigenvalue weighted by Crippen LogP contribution is 2.24. The minimum Gasteiger partial charge on any atom is -0.497 e. The van der Waals surface area contributed by atoms with Gasteiger partial charge in [0.25, 0.3) is 5.56 Å². The summed E-state index contributed by atoms with van der Waals surface area (Å²) in [6, 6.07) is 17.3. The number of para-hydroxylation sites is 1. The van der Waals surface area contributed by atoms with E-state index in [-0.39, 0.29) is 5.56 Å². The third kappa shape index (κ3) is 3.56. The van der Waals surface area contributed by atoms with E-state index in [1.54, 1.807) is 11.8 Å². The van der Waals surface area contributed by atoms with Gasteiger partial charge in [0.1, 0.15) is 5.75 Å². The zero-order chi connectivity index (χ0) is 20.4. The van der Waals surface area contributed by atoms with Crippen LogP contribution in [0.5, 0.6) is 5.75 Å². The first-order valence-corrected chi connectivity index (χ1v) is 9.97. The first-order valence-electron chi connectivity index (χ1n) is 8.98. The molecule has 0 aliphatic carbocycles. The predicted molar refractivity (Wildman–Crippen MR) is 111 cm³/mol.